The number of hydrogen-bond acceptors (Lipinski definition) is 2. The number of likely N-dealkylation sites (N-methyl/N-ethyl adjacent to an activating group) is 1. The first-order valence-corrected chi connectivity index (χ1v) is 5.94. The van der Waals surface area contributed by atoms with E-state index in [-0.39, 0.29) is 0 Å². The monoisotopic (exact) mass is 194 g/mol. The van der Waals surface area contributed by atoms with E-state index in [0.29, 0.717) is 0 Å². The molecule has 1 aliphatic carbocycles. The highest BCUT2D eigenvalue weighted by Crippen LogP contribution is 2.18. The molecule has 0 atom stereocenters. The number of rotatable bonds is 4. The van der Waals surface area contributed by atoms with Crippen molar-refractivity contribution in [3.05, 3.63) is 11.6 Å². The van der Waals surface area contributed by atoms with Crippen molar-refractivity contribution in [2.75, 3.05) is 26.7 Å². The van der Waals surface area contributed by atoms with Crippen molar-refractivity contribution >= 4 is 0 Å². The lowest BCUT2D eigenvalue weighted by atomic mass is 9.93. The molecule has 1 aliphatic heterocycles. The summed E-state index contributed by atoms with van der Waals surface area (Å²) in [6.45, 7) is 3.61. The van der Waals surface area contributed by atoms with Crippen LogP contribution >= 0.6 is 0 Å². The summed E-state index contributed by atoms with van der Waals surface area (Å²) in [4.78, 5) is 2.42. The number of nitrogens with zero attached hydrogens (tertiary/aromatic N) is 1. The third-order valence-electron chi connectivity index (χ3n) is 3.40. The van der Waals surface area contributed by atoms with Crippen molar-refractivity contribution in [1.29, 1.82) is 0 Å². The summed E-state index contributed by atoms with van der Waals surface area (Å²) >= 11 is 0. The molecule has 0 aromatic rings. The van der Waals surface area contributed by atoms with Gasteiger partial charge >= 0.3 is 0 Å². The third kappa shape index (κ3) is 2.82. The smallest absolute Gasteiger partial charge is 0.0190 e. The van der Waals surface area contributed by atoms with Gasteiger partial charge in [-0.25, -0.2) is 0 Å². The van der Waals surface area contributed by atoms with E-state index < -0.39 is 0 Å². The van der Waals surface area contributed by atoms with Gasteiger partial charge < -0.3 is 10.2 Å². The first kappa shape index (κ1) is 10.2. The zero-order valence-electron chi connectivity index (χ0n) is 9.26. The van der Waals surface area contributed by atoms with Crippen LogP contribution in [-0.4, -0.2) is 37.6 Å². The summed E-state index contributed by atoms with van der Waals surface area (Å²) in [5.41, 5.74) is 1.63. The van der Waals surface area contributed by atoms with Gasteiger partial charge in [0.2, 0.25) is 0 Å². The molecule has 1 fully saturated rings. The molecule has 2 nitrogen and oxygen atoms in total. The Morgan fingerprint density at radius 3 is 3.00 bits per heavy atom. The van der Waals surface area contributed by atoms with Crippen molar-refractivity contribution < 1.29 is 0 Å². The van der Waals surface area contributed by atoms with E-state index in [4.69, 9.17) is 0 Å². The highest BCUT2D eigenvalue weighted by atomic mass is 15.1. The van der Waals surface area contributed by atoms with Gasteiger partial charge in [-0.15, -0.1) is 0 Å². The Morgan fingerprint density at radius 2 is 2.36 bits per heavy atom. The van der Waals surface area contributed by atoms with Gasteiger partial charge in [-0.05, 0) is 39.3 Å². The van der Waals surface area contributed by atoms with Crippen molar-refractivity contribution in [3.63, 3.8) is 0 Å². The maximum atomic E-state index is 3.62. The van der Waals surface area contributed by atoms with Gasteiger partial charge in [0.15, 0.2) is 0 Å². The van der Waals surface area contributed by atoms with Gasteiger partial charge in [-0.2, -0.15) is 0 Å². The molecule has 0 saturated heterocycles. The topological polar surface area (TPSA) is 15.3 Å². The molecule has 2 rings (SSSR count). The van der Waals surface area contributed by atoms with E-state index in [1.165, 1.54) is 51.7 Å². The average Bonchev–Trinajstić information content (AvgIpc) is 2.09. The van der Waals surface area contributed by atoms with Crippen LogP contribution in [0, 0.1) is 0 Å². The van der Waals surface area contributed by atoms with E-state index in [1.54, 1.807) is 5.57 Å². The van der Waals surface area contributed by atoms with E-state index in [1.807, 2.05) is 0 Å². The predicted molar refractivity (Wildman–Crippen MR) is 60.5 cm³/mol. The fraction of sp³-hybridized carbons (Fsp3) is 0.833. The molecule has 14 heavy (non-hydrogen) atoms. The van der Waals surface area contributed by atoms with Crippen LogP contribution in [0.15, 0.2) is 11.6 Å². The van der Waals surface area contributed by atoms with Crippen LogP contribution in [0.5, 0.6) is 0 Å². The molecule has 2 heteroatoms. The minimum Gasteiger partial charge on any atom is -0.314 e. The molecule has 2 aliphatic rings. The van der Waals surface area contributed by atoms with Crippen LogP contribution in [0.3, 0.4) is 0 Å². The van der Waals surface area contributed by atoms with Crippen LogP contribution < -0.4 is 5.32 Å². The zero-order valence-corrected chi connectivity index (χ0v) is 9.26. The summed E-state index contributed by atoms with van der Waals surface area (Å²) in [5.74, 6) is 0. The van der Waals surface area contributed by atoms with Crippen molar-refractivity contribution in [2.24, 2.45) is 0 Å². The third-order valence-corrected chi connectivity index (χ3v) is 3.40. The lowest BCUT2D eigenvalue weighted by molar-refractivity contribution is 0.330. The molecule has 0 aromatic carbocycles. The Morgan fingerprint density at radius 1 is 1.50 bits per heavy atom. The standard InChI is InChI=1S/C12H22N2/c1-14-9-3-4-11(10-14)7-8-13-12-5-2-6-12/h4,12-13H,2-3,5-10H2,1H3. The highest BCUT2D eigenvalue weighted by Gasteiger charge is 2.16. The first-order valence-electron chi connectivity index (χ1n) is 5.94. The molecular formula is C12H22N2. The first-order chi connectivity index (χ1) is 6.84. The maximum absolute atomic E-state index is 3.62. The molecule has 80 valence electrons. The van der Waals surface area contributed by atoms with Crippen LogP contribution in [0.1, 0.15) is 32.1 Å². The summed E-state index contributed by atoms with van der Waals surface area (Å²) in [7, 11) is 2.21. The molecule has 0 spiro atoms. The zero-order chi connectivity index (χ0) is 9.80. The quantitative estimate of drug-likeness (QED) is 0.686. The fourth-order valence-corrected chi connectivity index (χ4v) is 2.21. The molecule has 0 radical (unpaired) electrons. The second-order valence-electron chi connectivity index (χ2n) is 4.72. The Hall–Kier alpha value is -0.340. The fourth-order valence-electron chi connectivity index (χ4n) is 2.21. The Bertz CT molecular complexity index is 206. The summed E-state index contributed by atoms with van der Waals surface area (Å²) < 4.78 is 0. The number of nitrogens with one attached hydrogen (secondary N) is 1. The van der Waals surface area contributed by atoms with Crippen molar-refractivity contribution in [3.8, 4) is 0 Å². The van der Waals surface area contributed by atoms with Crippen LogP contribution in [-0.2, 0) is 0 Å². The van der Waals surface area contributed by atoms with Gasteiger partial charge in [0.05, 0.1) is 0 Å². The molecule has 1 N–H and O–H groups in total. The molecule has 0 unspecified atom stereocenters. The Kier molecular flexibility index (Phi) is 3.60. The van der Waals surface area contributed by atoms with Gasteiger partial charge in [-0.3, -0.25) is 0 Å². The largest absolute Gasteiger partial charge is 0.314 e. The van der Waals surface area contributed by atoms with E-state index in [9.17, 15) is 0 Å². The summed E-state index contributed by atoms with van der Waals surface area (Å²) in [6, 6.07) is 0.844. The minimum absolute atomic E-state index is 0.844. The van der Waals surface area contributed by atoms with Crippen molar-refractivity contribution in [1.82, 2.24) is 10.2 Å². The van der Waals surface area contributed by atoms with E-state index >= 15 is 0 Å². The Balaban J connectivity index is 1.61. The molecular weight excluding hydrogens is 172 g/mol. The molecule has 0 bridgehead atoms. The summed E-state index contributed by atoms with van der Waals surface area (Å²) in [5, 5.41) is 3.62. The minimum atomic E-state index is 0.844. The lowest BCUT2D eigenvalue weighted by Gasteiger charge is -2.28. The van der Waals surface area contributed by atoms with Crippen LogP contribution in [0.2, 0.25) is 0 Å². The van der Waals surface area contributed by atoms with Crippen LogP contribution in [0.25, 0.3) is 0 Å². The molecule has 0 aromatic heterocycles. The van der Waals surface area contributed by atoms with Gasteiger partial charge in [0.1, 0.15) is 0 Å². The molecule has 1 saturated carbocycles. The molecule has 1 heterocycles. The predicted octanol–water partition coefficient (Wildman–Crippen LogP) is 1.78. The second-order valence-corrected chi connectivity index (χ2v) is 4.72. The SMILES string of the molecule is CN1CCC=C(CCNC2CCC2)C1. The normalized spacial score (nSPS) is 24.5. The van der Waals surface area contributed by atoms with E-state index in [2.05, 4.69) is 23.3 Å². The van der Waals surface area contributed by atoms with Crippen LogP contribution in [0.4, 0.5) is 0 Å². The van der Waals surface area contributed by atoms with Gasteiger partial charge in [0.25, 0.3) is 0 Å². The highest BCUT2D eigenvalue weighted by molar-refractivity contribution is 5.08. The molecule has 0 amide bonds. The second kappa shape index (κ2) is 4.94. The van der Waals surface area contributed by atoms with Gasteiger partial charge in [-0.1, -0.05) is 18.1 Å². The van der Waals surface area contributed by atoms with Crippen molar-refractivity contribution in [2.45, 2.75) is 38.1 Å². The summed E-state index contributed by atoms with van der Waals surface area (Å²) in [6.07, 6.45) is 9.17. The number of hydrogen-bond donors (Lipinski definition) is 1. The maximum Gasteiger partial charge on any atom is 0.0190 e. The average molecular weight is 194 g/mol. The Labute approximate surface area is 87.4 Å². The lowest BCUT2D eigenvalue weighted by Crippen LogP contribution is -2.36. The van der Waals surface area contributed by atoms with E-state index in [0.717, 1.165) is 6.04 Å². The van der Waals surface area contributed by atoms with Gasteiger partial charge in [0, 0.05) is 19.1 Å².